The third-order valence-corrected chi connectivity index (χ3v) is 0.175. The Hall–Kier alpha value is 0.720. The van der Waals surface area contributed by atoms with Gasteiger partial charge in [-0.1, -0.05) is 0 Å². The third kappa shape index (κ3) is 20.2. The van der Waals surface area contributed by atoms with Gasteiger partial charge < -0.3 is 10.8 Å². The molecule has 0 aliphatic heterocycles. The minimum atomic E-state index is -0.968. The van der Waals surface area contributed by atoms with Crippen molar-refractivity contribution >= 4 is 47.9 Å². The first-order valence-electron chi connectivity index (χ1n) is 1.19. The van der Waals surface area contributed by atoms with Crippen molar-refractivity contribution in [1.29, 1.82) is 0 Å². The van der Waals surface area contributed by atoms with Crippen LogP contribution >= 0.6 is 12.4 Å². The largest absolute Gasteiger partial charge is 0.480 e. The molecule has 0 aliphatic rings. The van der Waals surface area contributed by atoms with Crippen LogP contribution in [0.3, 0.4) is 0 Å². The number of carboxylic acids is 1. The summed E-state index contributed by atoms with van der Waals surface area (Å²) in [5, 5.41) is 7.60. The van der Waals surface area contributed by atoms with Crippen molar-refractivity contribution in [2.75, 3.05) is 6.54 Å². The number of carbonyl (C=O) groups is 1. The number of nitrogens with two attached hydrogens (primary N) is 1. The molecule has 1 radical (unpaired) electrons. The van der Waals surface area contributed by atoms with Crippen LogP contribution in [0.2, 0.25) is 0 Å². The van der Waals surface area contributed by atoms with E-state index < -0.39 is 5.97 Å². The summed E-state index contributed by atoms with van der Waals surface area (Å²) >= 11 is 0. The van der Waals surface area contributed by atoms with E-state index in [4.69, 9.17) is 5.11 Å². The van der Waals surface area contributed by atoms with E-state index in [1.54, 1.807) is 0 Å². The normalized spacial score (nSPS) is 5.29. The molecule has 5 heteroatoms. The fraction of sp³-hybridized carbons (Fsp3) is 0.500. The van der Waals surface area contributed by atoms with Gasteiger partial charge in [0.25, 0.3) is 0 Å². The van der Waals surface area contributed by atoms with Crippen LogP contribution < -0.4 is 5.73 Å². The standard InChI is InChI=1S/C2H5NO2.ClH.Na/c3-1-2(4)5;;/h1,3H2,(H,4,5);1H;. The Bertz CT molecular complexity index is 51.0. The van der Waals surface area contributed by atoms with Gasteiger partial charge in [-0.25, -0.2) is 0 Å². The smallest absolute Gasteiger partial charge is 0.317 e. The third-order valence-electron chi connectivity index (χ3n) is 0.175. The zero-order valence-corrected chi connectivity index (χ0v) is 6.86. The Labute approximate surface area is 70.0 Å². The maximum atomic E-state index is 9.24. The second-order valence-electron chi connectivity index (χ2n) is 0.598. The molecule has 0 unspecified atom stereocenters. The summed E-state index contributed by atoms with van der Waals surface area (Å²) < 4.78 is 0. The molecule has 0 rings (SSSR count). The van der Waals surface area contributed by atoms with Crippen LogP contribution in [-0.2, 0) is 4.79 Å². The molecule has 0 spiro atoms. The molecular weight excluding hydrogens is 128 g/mol. The number of halogens is 1. The van der Waals surface area contributed by atoms with Crippen LogP contribution in [0.15, 0.2) is 0 Å². The van der Waals surface area contributed by atoms with Gasteiger partial charge in [0.05, 0.1) is 6.54 Å². The van der Waals surface area contributed by atoms with Crippen molar-refractivity contribution in [3.63, 3.8) is 0 Å². The fourth-order valence-electron chi connectivity index (χ4n) is 0. The van der Waals surface area contributed by atoms with E-state index in [-0.39, 0.29) is 48.5 Å². The Morgan fingerprint density at radius 1 is 1.71 bits per heavy atom. The van der Waals surface area contributed by atoms with Crippen LogP contribution in [0.1, 0.15) is 0 Å². The zero-order valence-electron chi connectivity index (χ0n) is 4.05. The fourth-order valence-corrected chi connectivity index (χ4v) is 0. The van der Waals surface area contributed by atoms with Crippen molar-refractivity contribution in [3.05, 3.63) is 0 Å². The monoisotopic (exact) mass is 134 g/mol. The molecule has 0 aliphatic carbocycles. The molecule has 0 heterocycles. The van der Waals surface area contributed by atoms with Crippen molar-refractivity contribution in [2.24, 2.45) is 5.73 Å². The summed E-state index contributed by atoms with van der Waals surface area (Å²) in [4.78, 5) is 9.24. The summed E-state index contributed by atoms with van der Waals surface area (Å²) in [5.41, 5.74) is 4.57. The second kappa shape index (κ2) is 9.87. The molecule has 3 N–H and O–H groups in total. The van der Waals surface area contributed by atoms with Crippen LogP contribution in [-0.4, -0.2) is 47.2 Å². The number of hydrogen-bond acceptors (Lipinski definition) is 2. The van der Waals surface area contributed by atoms with Gasteiger partial charge in [-0.15, -0.1) is 12.4 Å². The van der Waals surface area contributed by atoms with Crippen LogP contribution in [0, 0.1) is 0 Å². The molecule has 0 bridgehead atoms. The number of aliphatic carboxylic acids is 1. The first-order chi connectivity index (χ1) is 2.27. The molecule has 7 heavy (non-hydrogen) atoms. The van der Waals surface area contributed by atoms with Crippen LogP contribution in [0.4, 0.5) is 0 Å². The minimum absolute atomic E-state index is 0. The SMILES string of the molecule is Cl.NCC(=O)O.[Na]. The number of hydrogen-bond donors (Lipinski definition) is 2. The molecule has 0 aromatic carbocycles. The predicted octanol–water partition coefficient (Wildman–Crippen LogP) is -0.929. The van der Waals surface area contributed by atoms with Gasteiger partial charge in [0.15, 0.2) is 0 Å². The molecule has 0 atom stereocenters. The van der Waals surface area contributed by atoms with Gasteiger partial charge in [-0.05, 0) is 0 Å². The summed E-state index contributed by atoms with van der Waals surface area (Å²) in [6, 6.07) is 0. The van der Waals surface area contributed by atoms with E-state index in [2.05, 4.69) is 5.73 Å². The number of rotatable bonds is 1. The molecule has 39 valence electrons. The molecule has 0 amide bonds. The van der Waals surface area contributed by atoms with E-state index in [1.165, 1.54) is 0 Å². The van der Waals surface area contributed by atoms with Crippen molar-refractivity contribution in [1.82, 2.24) is 0 Å². The molecule has 0 fully saturated rings. The summed E-state index contributed by atoms with van der Waals surface area (Å²) in [7, 11) is 0. The van der Waals surface area contributed by atoms with Crippen LogP contribution in [0.25, 0.3) is 0 Å². The van der Waals surface area contributed by atoms with E-state index >= 15 is 0 Å². The second-order valence-corrected chi connectivity index (χ2v) is 0.598. The Kier molecular flexibility index (Phi) is 22.1. The number of carboxylic acid groups (broad SMARTS) is 1. The molecular formula is C2H6ClNNaO2. The summed E-state index contributed by atoms with van der Waals surface area (Å²) in [5.74, 6) is -0.968. The van der Waals surface area contributed by atoms with Gasteiger partial charge in [-0.3, -0.25) is 4.79 Å². The van der Waals surface area contributed by atoms with Gasteiger partial charge >= 0.3 is 5.97 Å². The predicted molar refractivity (Wildman–Crippen MR) is 29.7 cm³/mol. The molecule has 0 aromatic heterocycles. The summed E-state index contributed by atoms with van der Waals surface area (Å²) in [6.45, 7) is -0.278. The maximum absolute atomic E-state index is 9.24. The van der Waals surface area contributed by atoms with E-state index in [9.17, 15) is 4.79 Å². The average molecular weight is 135 g/mol. The van der Waals surface area contributed by atoms with E-state index in [1.807, 2.05) is 0 Å². The molecule has 0 aromatic rings. The van der Waals surface area contributed by atoms with Crippen LogP contribution in [0.5, 0.6) is 0 Å². The van der Waals surface area contributed by atoms with Gasteiger partial charge in [0, 0.05) is 29.6 Å². The van der Waals surface area contributed by atoms with Gasteiger partial charge in [0.1, 0.15) is 0 Å². The van der Waals surface area contributed by atoms with Crippen molar-refractivity contribution in [3.8, 4) is 0 Å². The zero-order chi connectivity index (χ0) is 4.28. The molecule has 0 saturated carbocycles. The maximum Gasteiger partial charge on any atom is 0.317 e. The van der Waals surface area contributed by atoms with Gasteiger partial charge in [0.2, 0.25) is 0 Å². The first-order valence-corrected chi connectivity index (χ1v) is 1.19. The Morgan fingerprint density at radius 2 is 1.86 bits per heavy atom. The summed E-state index contributed by atoms with van der Waals surface area (Å²) in [6.07, 6.45) is 0. The first kappa shape index (κ1) is 15.6. The van der Waals surface area contributed by atoms with Crippen molar-refractivity contribution < 1.29 is 9.90 Å². The van der Waals surface area contributed by atoms with Gasteiger partial charge in [-0.2, -0.15) is 0 Å². The molecule has 3 nitrogen and oxygen atoms in total. The Balaban J connectivity index is -0.0000000800. The molecule has 0 saturated heterocycles. The van der Waals surface area contributed by atoms with E-state index in [0.717, 1.165) is 0 Å². The minimum Gasteiger partial charge on any atom is -0.480 e. The average Bonchev–Trinajstić information content (AvgIpc) is 1.38. The van der Waals surface area contributed by atoms with Crippen molar-refractivity contribution in [2.45, 2.75) is 0 Å². The quantitative estimate of drug-likeness (QED) is 0.456. The Morgan fingerprint density at radius 3 is 1.86 bits per heavy atom. The van der Waals surface area contributed by atoms with E-state index in [0.29, 0.717) is 0 Å². The topological polar surface area (TPSA) is 63.3 Å².